The van der Waals surface area contributed by atoms with E-state index in [0.717, 1.165) is 0 Å². The molecule has 0 amide bonds. The first-order valence-electron chi connectivity index (χ1n) is 3.91. The van der Waals surface area contributed by atoms with Crippen molar-refractivity contribution in [1.29, 1.82) is 0 Å². The summed E-state index contributed by atoms with van der Waals surface area (Å²) in [6, 6.07) is 2.94. The molecule has 14 heavy (non-hydrogen) atoms. The molecule has 0 aromatic heterocycles. The minimum atomic E-state index is -1.20. The van der Waals surface area contributed by atoms with Crippen LogP contribution in [0.2, 0.25) is 0 Å². The van der Waals surface area contributed by atoms with Crippen molar-refractivity contribution in [3.8, 4) is 11.5 Å². The van der Waals surface area contributed by atoms with Crippen molar-refractivity contribution in [1.82, 2.24) is 0 Å². The van der Waals surface area contributed by atoms with Crippen molar-refractivity contribution < 1.29 is 19.7 Å². The number of phenols is 1. The molecule has 0 saturated carbocycles. The fourth-order valence-corrected chi connectivity index (χ4v) is 1.10. The fraction of sp³-hybridized carbons (Fsp3) is 0.222. The first-order chi connectivity index (χ1) is 6.56. The van der Waals surface area contributed by atoms with Gasteiger partial charge in [0.2, 0.25) is 0 Å². The predicted octanol–water partition coefficient (Wildman–Crippen LogP) is 0.485. The summed E-state index contributed by atoms with van der Waals surface area (Å²) < 4.78 is 4.92. The largest absolute Gasteiger partial charge is 0.508 e. The Bertz CT molecular complexity index is 351. The highest BCUT2D eigenvalue weighted by Crippen LogP contribution is 2.27. The Morgan fingerprint density at radius 2 is 2.21 bits per heavy atom. The maximum atomic E-state index is 10.6. The van der Waals surface area contributed by atoms with Gasteiger partial charge in [-0.05, 0) is 18.2 Å². The molecule has 1 atom stereocenters. The van der Waals surface area contributed by atoms with Crippen LogP contribution in [0.15, 0.2) is 18.2 Å². The molecule has 0 saturated heterocycles. The van der Waals surface area contributed by atoms with Gasteiger partial charge in [0.05, 0.1) is 7.11 Å². The summed E-state index contributed by atoms with van der Waals surface area (Å²) in [6.07, 6.45) is 0. The second kappa shape index (κ2) is 3.97. The van der Waals surface area contributed by atoms with E-state index < -0.39 is 12.0 Å². The Morgan fingerprint density at radius 3 is 2.71 bits per heavy atom. The number of hydrogen-bond acceptors (Lipinski definition) is 4. The zero-order valence-electron chi connectivity index (χ0n) is 7.60. The molecule has 0 fully saturated rings. The molecule has 1 aromatic rings. The Morgan fingerprint density at radius 1 is 1.57 bits per heavy atom. The molecule has 76 valence electrons. The van der Waals surface area contributed by atoms with Crippen LogP contribution in [0.4, 0.5) is 0 Å². The van der Waals surface area contributed by atoms with Crippen molar-refractivity contribution >= 4 is 5.97 Å². The first-order valence-corrected chi connectivity index (χ1v) is 3.91. The van der Waals surface area contributed by atoms with E-state index in [-0.39, 0.29) is 11.3 Å². The molecule has 0 spiro atoms. The van der Waals surface area contributed by atoms with Crippen LogP contribution in [0.3, 0.4) is 0 Å². The normalized spacial score (nSPS) is 12.1. The van der Waals surface area contributed by atoms with Crippen LogP contribution in [0.5, 0.6) is 11.5 Å². The average molecular weight is 197 g/mol. The highest BCUT2D eigenvalue weighted by Gasteiger charge is 2.19. The van der Waals surface area contributed by atoms with Gasteiger partial charge < -0.3 is 20.7 Å². The van der Waals surface area contributed by atoms with Crippen molar-refractivity contribution in [2.24, 2.45) is 5.73 Å². The van der Waals surface area contributed by atoms with Gasteiger partial charge in [0, 0.05) is 5.56 Å². The predicted molar refractivity (Wildman–Crippen MR) is 49.2 cm³/mol. The highest BCUT2D eigenvalue weighted by molar-refractivity contribution is 5.76. The number of hydrogen-bond donors (Lipinski definition) is 3. The van der Waals surface area contributed by atoms with E-state index >= 15 is 0 Å². The summed E-state index contributed by atoms with van der Waals surface area (Å²) in [5.41, 5.74) is 5.64. The van der Waals surface area contributed by atoms with E-state index in [9.17, 15) is 4.79 Å². The molecule has 4 N–H and O–H groups in total. The van der Waals surface area contributed by atoms with Crippen LogP contribution in [-0.2, 0) is 4.79 Å². The number of carboxylic acids is 1. The van der Waals surface area contributed by atoms with E-state index in [4.69, 9.17) is 20.7 Å². The van der Waals surface area contributed by atoms with Crippen LogP contribution in [0, 0.1) is 0 Å². The van der Waals surface area contributed by atoms with Gasteiger partial charge in [-0.15, -0.1) is 0 Å². The molecule has 5 nitrogen and oxygen atoms in total. The SMILES string of the molecule is COc1ccc(O)cc1C(N)C(=O)O. The minimum absolute atomic E-state index is 0.0440. The van der Waals surface area contributed by atoms with Gasteiger partial charge in [0.1, 0.15) is 17.5 Å². The number of benzene rings is 1. The molecule has 1 aromatic carbocycles. The number of nitrogens with two attached hydrogens (primary N) is 1. The van der Waals surface area contributed by atoms with Crippen LogP contribution < -0.4 is 10.5 Å². The summed E-state index contributed by atoms with van der Waals surface area (Å²) in [7, 11) is 1.41. The van der Waals surface area contributed by atoms with Gasteiger partial charge in [-0.25, -0.2) is 0 Å². The van der Waals surface area contributed by atoms with Gasteiger partial charge in [-0.2, -0.15) is 0 Å². The third kappa shape index (κ3) is 1.94. The van der Waals surface area contributed by atoms with Crippen molar-refractivity contribution in [3.63, 3.8) is 0 Å². The molecule has 1 unspecified atom stereocenters. The van der Waals surface area contributed by atoms with Gasteiger partial charge in [0.15, 0.2) is 0 Å². The molecular weight excluding hydrogens is 186 g/mol. The van der Waals surface area contributed by atoms with Crippen molar-refractivity contribution in [2.45, 2.75) is 6.04 Å². The molecule has 0 heterocycles. The van der Waals surface area contributed by atoms with Crippen LogP contribution in [0.1, 0.15) is 11.6 Å². The minimum Gasteiger partial charge on any atom is -0.508 e. The van der Waals surface area contributed by atoms with Gasteiger partial charge in [-0.3, -0.25) is 4.79 Å². The summed E-state index contributed by atoms with van der Waals surface area (Å²) >= 11 is 0. The van der Waals surface area contributed by atoms with Gasteiger partial charge >= 0.3 is 5.97 Å². The molecular formula is C9H11NO4. The van der Waals surface area contributed by atoms with Gasteiger partial charge in [-0.1, -0.05) is 0 Å². The molecule has 0 radical (unpaired) electrons. The van der Waals surface area contributed by atoms with E-state index in [1.54, 1.807) is 0 Å². The molecule has 0 aliphatic rings. The lowest BCUT2D eigenvalue weighted by Crippen LogP contribution is -2.21. The van der Waals surface area contributed by atoms with Crippen molar-refractivity contribution in [3.05, 3.63) is 23.8 Å². The second-order valence-corrected chi connectivity index (χ2v) is 2.74. The number of methoxy groups -OCH3 is 1. The standard InChI is InChI=1S/C9H11NO4/c1-14-7-3-2-5(11)4-6(7)8(10)9(12)13/h2-4,8,11H,10H2,1H3,(H,12,13). The lowest BCUT2D eigenvalue weighted by Gasteiger charge is -2.11. The van der Waals surface area contributed by atoms with E-state index in [0.29, 0.717) is 5.75 Å². The topological polar surface area (TPSA) is 92.8 Å². The number of rotatable bonds is 3. The quantitative estimate of drug-likeness (QED) is 0.655. The average Bonchev–Trinajstić information content (AvgIpc) is 2.16. The number of carbonyl (C=O) groups is 1. The smallest absolute Gasteiger partial charge is 0.325 e. The number of aliphatic carboxylic acids is 1. The molecule has 0 bridgehead atoms. The molecule has 0 aliphatic carbocycles. The number of carboxylic acid groups (broad SMARTS) is 1. The Kier molecular flexibility index (Phi) is 2.93. The number of ether oxygens (including phenoxy) is 1. The Labute approximate surface area is 80.7 Å². The second-order valence-electron chi connectivity index (χ2n) is 2.74. The highest BCUT2D eigenvalue weighted by atomic mass is 16.5. The fourth-order valence-electron chi connectivity index (χ4n) is 1.10. The van der Waals surface area contributed by atoms with Crippen LogP contribution in [-0.4, -0.2) is 23.3 Å². The maximum Gasteiger partial charge on any atom is 0.325 e. The molecule has 1 rings (SSSR count). The van der Waals surface area contributed by atoms with Crippen LogP contribution >= 0.6 is 0 Å². The van der Waals surface area contributed by atoms with Gasteiger partial charge in [0.25, 0.3) is 0 Å². The van der Waals surface area contributed by atoms with E-state index in [1.807, 2.05) is 0 Å². The summed E-state index contributed by atoms with van der Waals surface area (Å²) in [4.78, 5) is 10.6. The number of phenolic OH excluding ortho intramolecular Hbond substituents is 1. The number of aromatic hydroxyl groups is 1. The lowest BCUT2D eigenvalue weighted by molar-refractivity contribution is -0.138. The monoisotopic (exact) mass is 197 g/mol. The zero-order valence-corrected chi connectivity index (χ0v) is 7.60. The summed E-state index contributed by atoms with van der Waals surface area (Å²) in [5, 5.41) is 17.8. The zero-order chi connectivity index (χ0) is 10.7. The molecule has 5 heteroatoms. The summed E-state index contributed by atoms with van der Waals surface area (Å²) in [5.74, 6) is -0.871. The maximum absolute atomic E-state index is 10.6. The summed E-state index contributed by atoms with van der Waals surface area (Å²) in [6.45, 7) is 0. The third-order valence-corrected chi connectivity index (χ3v) is 1.81. The Balaban J connectivity index is 3.16. The first kappa shape index (κ1) is 10.3. The lowest BCUT2D eigenvalue weighted by atomic mass is 10.1. The Hall–Kier alpha value is -1.75. The van der Waals surface area contributed by atoms with E-state index in [1.165, 1.54) is 25.3 Å². The van der Waals surface area contributed by atoms with E-state index in [2.05, 4.69) is 0 Å². The van der Waals surface area contributed by atoms with Crippen LogP contribution in [0.25, 0.3) is 0 Å². The van der Waals surface area contributed by atoms with Crippen molar-refractivity contribution in [2.75, 3.05) is 7.11 Å². The third-order valence-electron chi connectivity index (χ3n) is 1.81. The molecule has 0 aliphatic heterocycles.